The van der Waals surface area contributed by atoms with Gasteiger partial charge in [0.25, 0.3) is 5.69 Å². The molecular weight excluding hydrogens is 267 g/mol. The van der Waals surface area contributed by atoms with Crippen LogP contribution in [0.1, 0.15) is 29.8 Å². The summed E-state index contributed by atoms with van der Waals surface area (Å²) in [5, 5.41) is 10.8. The van der Waals surface area contributed by atoms with Gasteiger partial charge in [0.2, 0.25) is 0 Å². The summed E-state index contributed by atoms with van der Waals surface area (Å²) in [6, 6.07) is 1.08. The van der Waals surface area contributed by atoms with Crippen molar-refractivity contribution in [2.24, 2.45) is 0 Å². The van der Waals surface area contributed by atoms with Crippen molar-refractivity contribution in [3.63, 3.8) is 0 Å². The van der Waals surface area contributed by atoms with Gasteiger partial charge < -0.3 is 4.74 Å². The van der Waals surface area contributed by atoms with E-state index in [9.17, 15) is 28.1 Å². The van der Waals surface area contributed by atoms with E-state index in [0.717, 1.165) is 6.92 Å². The Hall–Kier alpha value is -2.12. The minimum atomic E-state index is -4.76. The normalized spacial score (nSPS) is 11.2. The molecule has 1 rings (SSSR count). The van der Waals surface area contributed by atoms with E-state index in [1.807, 2.05) is 0 Å². The van der Waals surface area contributed by atoms with Crippen LogP contribution in [0.4, 0.5) is 18.9 Å². The number of nitro groups is 1. The quantitative estimate of drug-likeness (QED) is 0.481. The van der Waals surface area contributed by atoms with Crippen molar-refractivity contribution in [3.8, 4) is 5.75 Å². The lowest BCUT2D eigenvalue weighted by Crippen LogP contribution is -2.12. The molecule has 0 saturated carbocycles. The number of carbonyl (C=O) groups excluding carboxylic acids is 1. The number of halogens is 3. The van der Waals surface area contributed by atoms with Gasteiger partial charge in [0.05, 0.1) is 28.7 Å². The lowest BCUT2D eigenvalue weighted by Gasteiger charge is -2.14. The number of carbonyl (C=O) groups is 1. The second-order valence-electron chi connectivity index (χ2n) is 3.61. The highest BCUT2D eigenvalue weighted by Crippen LogP contribution is 2.40. The molecule has 1 aromatic rings. The topological polar surface area (TPSA) is 69.4 Å². The Kier molecular flexibility index (Phi) is 4.13. The fourth-order valence-electron chi connectivity index (χ4n) is 1.50. The van der Waals surface area contributed by atoms with Crippen LogP contribution >= 0.6 is 0 Å². The standard InChI is InChI=1S/C11H10F3NO4/c1-3-19-10-5-9(15(17)18)7(6(2)16)4-8(10)11(12,13)14/h4-5H,3H2,1-2H3. The minimum Gasteiger partial charge on any atom is -0.493 e. The predicted octanol–water partition coefficient (Wildman–Crippen LogP) is 3.21. The molecule has 0 amide bonds. The first kappa shape index (κ1) is 14.9. The molecule has 8 heteroatoms. The van der Waals surface area contributed by atoms with Crippen LogP contribution in [0, 0.1) is 10.1 Å². The molecule has 0 fully saturated rings. The van der Waals surface area contributed by atoms with Gasteiger partial charge in [-0.05, 0) is 19.9 Å². The van der Waals surface area contributed by atoms with Crippen LogP contribution < -0.4 is 4.74 Å². The summed E-state index contributed by atoms with van der Waals surface area (Å²) in [4.78, 5) is 21.0. The fourth-order valence-corrected chi connectivity index (χ4v) is 1.50. The third kappa shape index (κ3) is 3.21. The Morgan fingerprint density at radius 1 is 1.42 bits per heavy atom. The van der Waals surface area contributed by atoms with Crippen molar-refractivity contribution in [3.05, 3.63) is 33.4 Å². The number of nitro benzene ring substituents is 1. The van der Waals surface area contributed by atoms with Gasteiger partial charge in [-0.3, -0.25) is 14.9 Å². The SMILES string of the molecule is CCOc1cc([N+](=O)[O-])c(C(C)=O)cc1C(F)(F)F. The van der Waals surface area contributed by atoms with Crippen LogP contribution in [-0.2, 0) is 6.18 Å². The smallest absolute Gasteiger partial charge is 0.419 e. The highest BCUT2D eigenvalue weighted by molar-refractivity contribution is 5.98. The van der Waals surface area contributed by atoms with Crippen molar-refractivity contribution in [1.29, 1.82) is 0 Å². The number of benzene rings is 1. The van der Waals surface area contributed by atoms with Crippen molar-refractivity contribution in [2.45, 2.75) is 20.0 Å². The Labute approximate surface area is 106 Å². The summed E-state index contributed by atoms with van der Waals surface area (Å²) < 4.78 is 43.1. The molecule has 0 heterocycles. The molecule has 0 unspecified atom stereocenters. The van der Waals surface area contributed by atoms with Crippen LogP contribution in [0.5, 0.6) is 5.75 Å². The molecule has 0 bridgehead atoms. The first-order chi connectivity index (χ1) is 8.68. The monoisotopic (exact) mass is 277 g/mol. The van der Waals surface area contributed by atoms with Gasteiger partial charge in [0, 0.05) is 0 Å². The third-order valence-corrected chi connectivity index (χ3v) is 2.28. The number of rotatable bonds is 4. The molecular formula is C11H10F3NO4. The number of hydrogen-bond acceptors (Lipinski definition) is 4. The Balaban J connectivity index is 3.59. The van der Waals surface area contributed by atoms with E-state index < -0.39 is 39.4 Å². The molecule has 0 saturated heterocycles. The number of hydrogen-bond donors (Lipinski definition) is 0. The summed E-state index contributed by atoms with van der Waals surface area (Å²) in [6.07, 6.45) is -4.76. The molecule has 0 N–H and O–H groups in total. The van der Waals surface area contributed by atoms with E-state index in [1.54, 1.807) is 0 Å². The maximum atomic E-state index is 12.8. The van der Waals surface area contributed by atoms with Crippen LogP contribution in [-0.4, -0.2) is 17.3 Å². The second kappa shape index (κ2) is 5.25. The molecule has 19 heavy (non-hydrogen) atoms. The molecule has 1 aromatic carbocycles. The zero-order chi connectivity index (χ0) is 14.8. The van der Waals surface area contributed by atoms with Crippen LogP contribution in [0.2, 0.25) is 0 Å². The minimum absolute atomic E-state index is 0.0837. The summed E-state index contributed by atoms with van der Waals surface area (Å²) in [5.74, 6) is -1.48. The van der Waals surface area contributed by atoms with Gasteiger partial charge in [-0.15, -0.1) is 0 Å². The molecule has 0 aliphatic heterocycles. The summed E-state index contributed by atoms with van der Waals surface area (Å²) >= 11 is 0. The van der Waals surface area contributed by atoms with Crippen molar-refractivity contribution < 1.29 is 27.6 Å². The summed E-state index contributed by atoms with van der Waals surface area (Å²) in [6.45, 7) is 2.33. The zero-order valence-corrected chi connectivity index (χ0v) is 10.1. The van der Waals surface area contributed by atoms with E-state index in [-0.39, 0.29) is 6.61 Å². The average Bonchev–Trinajstić information content (AvgIpc) is 2.26. The van der Waals surface area contributed by atoms with E-state index in [2.05, 4.69) is 0 Å². The van der Waals surface area contributed by atoms with Crippen LogP contribution in [0.15, 0.2) is 12.1 Å². The Morgan fingerprint density at radius 2 is 2.00 bits per heavy atom. The van der Waals surface area contributed by atoms with Crippen molar-refractivity contribution in [2.75, 3.05) is 6.61 Å². The molecule has 104 valence electrons. The van der Waals surface area contributed by atoms with E-state index in [0.29, 0.717) is 12.1 Å². The number of ether oxygens (including phenoxy) is 1. The van der Waals surface area contributed by atoms with Gasteiger partial charge in [-0.2, -0.15) is 13.2 Å². The summed E-state index contributed by atoms with van der Waals surface area (Å²) in [5.41, 5.74) is -2.50. The molecule has 0 aromatic heterocycles. The first-order valence-electron chi connectivity index (χ1n) is 5.21. The number of Topliss-reactive ketones (excluding diaryl/α,β-unsaturated/α-hetero) is 1. The van der Waals surface area contributed by atoms with Gasteiger partial charge in [0.15, 0.2) is 5.78 Å². The predicted molar refractivity (Wildman–Crippen MR) is 59.3 cm³/mol. The third-order valence-electron chi connectivity index (χ3n) is 2.28. The van der Waals surface area contributed by atoms with Gasteiger partial charge in [0.1, 0.15) is 5.75 Å². The highest BCUT2D eigenvalue weighted by Gasteiger charge is 2.37. The van der Waals surface area contributed by atoms with Gasteiger partial charge in [-0.1, -0.05) is 0 Å². The van der Waals surface area contributed by atoms with Crippen LogP contribution in [0.3, 0.4) is 0 Å². The van der Waals surface area contributed by atoms with E-state index in [1.165, 1.54) is 6.92 Å². The lowest BCUT2D eigenvalue weighted by atomic mass is 10.0. The number of alkyl halides is 3. The van der Waals surface area contributed by atoms with Crippen LogP contribution in [0.25, 0.3) is 0 Å². The number of nitrogens with zero attached hydrogens (tertiary/aromatic N) is 1. The Bertz CT molecular complexity index is 525. The molecule has 0 aliphatic rings. The van der Waals surface area contributed by atoms with E-state index in [4.69, 9.17) is 4.74 Å². The second-order valence-corrected chi connectivity index (χ2v) is 3.61. The lowest BCUT2D eigenvalue weighted by molar-refractivity contribution is -0.385. The average molecular weight is 277 g/mol. The zero-order valence-electron chi connectivity index (χ0n) is 10.1. The molecule has 0 atom stereocenters. The largest absolute Gasteiger partial charge is 0.493 e. The van der Waals surface area contributed by atoms with Crippen molar-refractivity contribution >= 4 is 11.5 Å². The maximum absolute atomic E-state index is 12.8. The van der Waals surface area contributed by atoms with E-state index >= 15 is 0 Å². The highest BCUT2D eigenvalue weighted by atomic mass is 19.4. The first-order valence-corrected chi connectivity index (χ1v) is 5.21. The van der Waals surface area contributed by atoms with Gasteiger partial charge in [-0.25, -0.2) is 0 Å². The molecule has 0 radical (unpaired) electrons. The molecule has 5 nitrogen and oxygen atoms in total. The fraction of sp³-hybridized carbons (Fsp3) is 0.364. The summed E-state index contributed by atoms with van der Waals surface area (Å²) in [7, 11) is 0. The molecule has 0 aliphatic carbocycles. The van der Waals surface area contributed by atoms with Crippen molar-refractivity contribution in [1.82, 2.24) is 0 Å². The van der Waals surface area contributed by atoms with Gasteiger partial charge >= 0.3 is 6.18 Å². The Morgan fingerprint density at radius 3 is 2.37 bits per heavy atom. The molecule has 0 spiro atoms. The number of ketones is 1. The maximum Gasteiger partial charge on any atom is 0.419 e.